The van der Waals surface area contributed by atoms with Crippen molar-refractivity contribution in [2.75, 3.05) is 0 Å². The van der Waals surface area contributed by atoms with Crippen LogP contribution in [0.1, 0.15) is 23.7 Å². The van der Waals surface area contributed by atoms with Crippen molar-refractivity contribution in [1.29, 1.82) is 0 Å². The lowest BCUT2D eigenvalue weighted by Crippen LogP contribution is -2.22. The molecule has 4 rings (SSSR count). The summed E-state index contributed by atoms with van der Waals surface area (Å²) >= 11 is 1.55. The minimum Gasteiger partial charge on any atom is -0.421 e. The van der Waals surface area contributed by atoms with Gasteiger partial charge in [-0.1, -0.05) is 48.5 Å². The molecule has 0 saturated heterocycles. The van der Waals surface area contributed by atoms with Crippen LogP contribution < -0.4 is 5.32 Å². The third-order valence-corrected chi connectivity index (χ3v) is 5.19. The Morgan fingerprint density at radius 2 is 1.69 bits per heavy atom. The van der Waals surface area contributed by atoms with Crippen molar-refractivity contribution in [3.63, 3.8) is 0 Å². The van der Waals surface area contributed by atoms with E-state index in [-0.39, 0.29) is 5.91 Å². The average Bonchev–Trinajstić information content (AvgIpc) is 3.44. The highest BCUT2D eigenvalue weighted by atomic mass is 32.1. The molecule has 0 aliphatic heterocycles. The Balaban J connectivity index is 1.21. The minimum atomic E-state index is -0.00995. The minimum absolute atomic E-state index is 0.00995. The number of nitrogens with one attached hydrogen (secondary N) is 1. The molecule has 2 aromatic heterocycles. The van der Waals surface area contributed by atoms with Gasteiger partial charge in [0, 0.05) is 29.3 Å². The molecule has 1 N–H and O–H groups in total. The van der Waals surface area contributed by atoms with Gasteiger partial charge in [0.1, 0.15) is 5.01 Å². The Kier molecular flexibility index (Phi) is 6.07. The van der Waals surface area contributed by atoms with Crippen molar-refractivity contribution < 1.29 is 9.21 Å². The molecular weight excluding hydrogens is 384 g/mol. The first-order valence-corrected chi connectivity index (χ1v) is 10.3. The molecule has 0 fully saturated rings. The number of aromatic nitrogens is 3. The quantitative estimate of drug-likeness (QED) is 0.468. The first kappa shape index (κ1) is 19.0. The fraction of sp³-hybridized carbons (Fsp3) is 0.182. The standard InChI is InChI=1S/C22H20N4O2S/c27-19(23-14-21-24-18(15-29-21)16-8-3-1-4-9-16)12-7-13-20-25-26-22(28-20)17-10-5-2-6-11-17/h1-6,8-11,15H,7,12-14H2,(H,23,27). The fourth-order valence-corrected chi connectivity index (χ4v) is 3.59. The van der Waals surface area contributed by atoms with Crippen LogP contribution in [-0.2, 0) is 17.8 Å². The molecule has 2 aromatic carbocycles. The number of amides is 1. The van der Waals surface area contributed by atoms with Crippen molar-refractivity contribution in [3.05, 3.63) is 76.9 Å². The second-order valence-corrected chi connectivity index (χ2v) is 7.43. The van der Waals surface area contributed by atoms with Gasteiger partial charge in [-0.25, -0.2) is 4.98 Å². The van der Waals surface area contributed by atoms with Gasteiger partial charge in [0.15, 0.2) is 0 Å². The molecule has 0 radical (unpaired) electrons. The van der Waals surface area contributed by atoms with Crippen LogP contribution in [0.5, 0.6) is 0 Å². The van der Waals surface area contributed by atoms with Crippen LogP contribution >= 0.6 is 11.3 Å². The molecule has 4 aromatic rings. The third kappa shape index (κ3) is 5.14. The summed E-state index contributed by atoms with van der Waals surface area (Å²) in [6.07, 6.45) is 1.62. The lowest BCUT2D eigenvalue weighted by atomic mass is 10.2. The number of carbonyl (C=O) groups is 1. The van der Waals surface area contributed by atoms with Crippen molar-refractivity contribution in [2.45, 2.75) is 25.8 Å². The molecule has 0 spiro atoms. The maximum absolute atomic E-state index is 12.1. The molecular formula is C22H20N4O2S. The lowest BCUT2D eigenvalue weighted by molar-refractivity contribution is -0.121. The fourth-order valence-electron chi connectivity index (χ4n) is 2.85. The summed E-state index contributed by atoms with van der Waals surface area (Å²) in [5.41, 5.74) is 2.91. The highest BCUT2D eigenvalue weighted by Gasteiger charge is 2.10. The van der Waals surface area contributed by atoms with Crippen molar-refractivity contribution in [1.82, 2.24) is 20.5 Å². The molecule has 0 saturated carbocycles. The summed E-state index contributed by atoms with van der Waals surface area (Å²) in [5.74, 6) is 1.04. The third-order valence-electron chi connectivity index (χ3n) is 4.34. The highest BCUT2D eigenvalue weighted by molar-refractivity contribution is 7.09. The molecule has 0 bridgehead atoms. The number of hydrogen-bond donors (Lipinski definition) is 1. The second kappa shape index (κ2) is 9.25. The van der Waals surface area contributed by atoms with E-state index in [2.05, 4.69) is 20.5 Å². The maximum Gasteiger partial charge on any atom is 0.247 e. The van der Waals surface area contributed by atoms with Crippen LogP contribution in [0.3, 0.4) is 0 Å². The first-order chi connectivity index (χ1) is 14.3. The van der Waals surface area contributed by atoms with Crippen molar-refractivity contribution >= 4 is 17.2 Å². The van der Waals surface area contributed by atoms with E-state index in [0.29, 0.717) is 37.6 Å². The summed E-state index contributed by atoms with van der Waals surface area (Å²) in [4.78, 5) is 16.7. The van der Waals surface area contributed by atoms with Gasteiger partial charge in [0.05, 0.1) is 12.2 Å². The van der Waals surface area contributed by atoms with Crippen LogP contribution in [0.2, 0.25) is 0 Å². The van der Waals surface area contributed by atoms with Crippen LogP contribution in [0.15, 0.2) is 70.5 Å². The zero-order chi connectivity index (χ0) is 19.9. The number of nitrogens with zero attached hydrogens (tertiary/aromatic N) is 3. The Labute approximate surface area is 172 Å². The number of benzene rings is 2. The molecule has 0 atom stereocenters. The number of hydrogen-bond acceptors (Lipinski definition) is 6. The average molecular weight is 404 g/mol. The van der Waals surface area contributed by atoms with E-state index in [1.54, 1.807) is 11.3 Å². The SMILES string of the molecule is O=C(CCCc1nnc(-c2ccccc2)o1)NCc1nc(-c2ccccc2)cs1. The summed E-state index contributed by atoms with van der Waals surface area (Å²) in [6.45, 7) is 0.440. The van der Waals surface area contributed by atoms with E-state index in [1.165, 1.54) is 0 Å². The van der Waals surface area contributed by atoms with E-state index in [4.69, 9.17) is 4.42 Å². The van der Waals surface area contributed by atoms with E-state index in [1.807, 2.05) is 66.0 Å². The number of aryl methyl sites for hydroxylation is 1. The predicted molar refractivity (Wildman–Crippen MR) is 112 cm³/mol. The molecule has 2 heterocycles. The van der Waals surface area contributed by atoms with Gasteiger partial charge in [-0.3, -0.25) is 4.79 Å². The largest absolute Gasteiger partial charge is 0.421 e. The lowest BCUT2D eigenvalue weighted by Gasteiger charge is -2.02. The van der Waals surface area contributed by atoms with Crippen molar-refractivity contribution in [3.8, 4) is 22.7 Å². The molecule has 1 amide bonds. The van der Waals surface area contributed by atoms with E-state index >= 15 is 0 Å². The molecule has 0 aliphatic rings. The van der Waals surface area contributed by atoms with Crippen molar-refractivity contribution in [2.24, 2.45) is 0 Å². The van der Waals surface area contributed by atoms with Gasteiger partial charge in [-0.05, 0) is 18.6 Å². The zero-order valence-corrected chi connectivity index (χ0v) is 16.6. The van der Waals surface area contributed by atoms with E-state index in [0.717, 1.165) is 21.8 Å². The zero-order valence-electron chi connectivity index (χ0n) is 15.7. The number of rotatable bonds is 8. The predicted octanol–water partition coefficient (Wildman–Crippen LogP) is 4.50. The summed E-state index contributed by atoms with van der Waals surface area (Å²) < 4.78 is 5.66. The summed E-state index contributed by atoms with van der Waals surface area (Å²) in [7, 11) is 0. The monoisotopic (exact) mass is 404 g/mol. The maximum atomic E-state index is 12.1. The van der Waals surface area contributed by atoms with Gasteiger partial charge in [0.2, 0.25) is 17.7 Å². The smallest absolute Gasteiger partial charge is 0.247 e. The summed E-state index contributed by atoms with van der Waals surface area (Å²) in [6, 6.07) is 19.6. The molecule has 0 aliphatic carbocycles. The number of carbonyl (C=O) groups excluding carboxylic acids is 1. The van der Waals surface area contributed by atoms with Crippen LogP contribution in [0.25, 0.3) is 22.7 Å². The van der Waals surface area contributed by atoms with Gasteiger partial charge >= 0.3 is 0 Å². The van der Waals surface area contributed by atoms with Gasteiger partial charge < -0.3 is 9.73 Å². The van der Waals surface area contributed by atoms with Gasteiger partial charge in [0.25, 0.3) is 0 Å². The van der Waals surface area contributed by atoms with Crippen LogP contribution in [0.4, 0.5) is 0 Å². The van der Waals surface area contributed by atoms with Gasteiger partial charge in [-0.2, -0.15) is 0 Å². The topological polar surface area (TPSA) is 80.9 Å². The van der Waals surface area contributed by atoms with E-state index < -0.39 is 0 Å². The first-order valence-electron chi connectivity index (χ1n) is 9.42. The van der Waals surface area contributed by atoms with Crippen LogP contribution in [-0.4, -0.2) is 21.1 Å². The number of thiazole rings is 1. The second-order valence-electron chi connectivity index (χ2n) is 6.49. The Morgan fingerprint density at radius 1 is 0.966 bits per heavy atom. The molecule has 146 valence electrons. The molecule has 7 heteroatoms. The Hall–Kier alpha value is -3.32. The highest BCUT2D eigenvalue weighted by Crippen LogP contribution is 2.21. The Bertz CT molecular complexity index is 1060. The summed E-state index contributed by atoms with van der Waals surface area (Å²) in [5, 5.41) is 13.9. The normalized spacial score (nSPS) is 10.8. The van der Waals surface area contributed by atoms with E-state index in [9.17, 15) is 4.79 Å². The van der Waals surface area contributed by atoms with Gasteiger partial charge in [-0.15, -0.1) is 21.5 Å². The molecule has 0 unspecified atom stereocenters. The Morgan fingerprint density at radius 3 is 2.45 bits per heavy atom. The molecule has 29 heavy (non-hydrogen) atoms. The van der Waals surface area contributed by atoms with Crippen LogP contribution in [0, 0.1) is 0 Å². The molecule has 6 nitrogen and oxygen atoms in total.